The van der Waals surface area contributed by atoms with Gasteiger partial charge in [0.15, 0.2) is 11.4 Å². The molecule has 1 N–H and O–H groups in total. The lowest BCUT2D eigenvalue weighted by Crippen LogP contribution is -2.47. The largest absolute Gasteiger partial charge is 0.504 e. The van der Waals surface area contributed by atoms with Crippen LogP contribution in [0.3, 0.4) is 0 Å². The molecule has 1 aliphatic rings. The molecule has 3 heterocycles. The van der Waals surface area contributed by atoms with Crippen LogP contribution in [0, 0.1) is 0 Å². The molecule has 4 rings (SSSR count). The summed E-state index contributed by atoms with van der Waals surface area (Å²) in [5, 5.41) is 9.84. The Hall–Kier alpha value is -3.19. The van der Waals surface area contributed by atoms with Crippen molar-refractivity contribution < 1.29 is 9.90 Å². The molecule has 0 spiro atoms. The van der Waals surface area contributed by atoms with Crippen molar-refractivity contribution in [2.24, 2.45) is 0 Å². The third-order valence-electron chi connectivity index (χ3n) is 5.39. The smallest absolute Gasteiger partial charge is 0.270 e. The lowest BCUT2D eigenvalue weighted by Gasteiger charge is -2.36. The molecule has 0 saturated carbocycles. The minimum atomic E-state index is -0.486. The zero-order valence-corrected chi connectivity index (χ0v) is 15.9. The Labute approximate surface area is 162 Å². The zero-order valence-electron chi connectivity index (χ0n) is 15.9. The van der Waals surface area contributed by atoms with Crippen LogP contribution >= 0.6 is 0 Å². The van der Waals surface area contributed by atoms with E-state index in [0.717, 1.165) is 13.0 Å². The van der Waals surface area contributed by atoms with E-state index in [1.54, 1.807) is 11.9 Å². The van der Waals surface area contributed by atoms with E-state index in [1.807, 2.05) is 19.2 Å². The van der Waals surface area contributed by atoms with Crippen molar-refractivity contribution in [2.75, 3.05) is 20.6 Å². The highest BCUT2D eigenvalue weighted by molar-refractivity contribution is 5.93. The van der Waals surface area contributed by atoms with E-state index in [2.05, 4.69) is 22.0 Å². The Morgan fingerprint density at radius 3 is 2.79 bits per heavy atom. The number of aromatic nitrogens is 2. The minimum absolute atomic E-state index is 0.00976. The molecule has 7 nitrogen and oxygen atoms in total. The second-order valence-corrected chi connectivity index (χ2v) is 7.29. The van der Waals surface area contributed by atoms with Crippen molar-refractivity contribution >= 4 is 11.6 Å². The van der Waals surface area contributed by atoms with Gasteiger partial charge in [0.2, 0.25) is 0 Å². The maximum atomic E-state index is 12.9. The minimum Gasteiger partial charge on any atom is -0.504 e. The Kier molecular flexibility index (Phi) is 4.60. The van der Waals surface area contributed by atoms with Crippen LogP contribution in [0.5, 0.6) is 5.75 Å². The first-order chi connectivity index (χ1) is 13.5. The van der Waals surface area contributed by atoms with E-state index < -0.39 is 5.56 Å². The van der Waals surface area contributed by atoms with Crippen molar-refractivity contribution in [2.45, 2.75) is 19.0 Å². The van der Waals surface area contributed by atoms with E-state index >= 15 is 0 Å². The zero-order chi connectivity index (χ0) is 19.8. The summed E-state index contributed by atoms with van der Waals surface area (Å²) >= 11 is 0. The van der Waals surface area contributed by atoms with E-state index in [4.69, 9.17) is 0 Å². The molecular formula is C21H22N4O3. The summed E-state index contributed by atoms with van der Waals surface area (Å²) in [5.74, 6) is -0.475. The van der Waals surface area contributed by atoms with Crippen molar-refractivity contribution in [3.8, 4) is 5.75 Å². The number of rotatable bonds is 3. The van der Waals surface area contributed by atoms with Gasteiger partial charge in [-0.1, -0.05) is 24.3 Å². The topological polar surface area (TPSA) is 78.2 Å². The second-order valence-electron chi connectivity index (χ2n) is 7.29. The maximum Gasteiger partial charge on any atom is 0.270 e. The molecule has 0 radical (unpaired) electrons. The summed E-state index contributed by atoms with van der Waals surface area (Å²) in [7, 11) is 3.75. The van der Waals surface area contributed by atoms with E-state index in [1.165, 1.54) is 40.1 Å². The number of pyridine rings is 1. The van der Waals surface area contributed by atoms with Gasteiger partial charge in [0.05, 0.1) is 0 Å². The van der Waals surface area contributed by atoms with Gasteiger partial charge >= 0.3 is 0 Å². The summed E-state index contributed by atoms with van der Waals surface area (Å²) in [4.78, 5) is 33.5. The van der Waals surface area contributed by atoms with Crippen LogP contribution in [0.1, 0.15) is 21.5 Å². The Balaban J connectivity index is 1.57. The first kappa shape index (κ1) is 18.2. The Morgan fingerprint density at radius 2 is 2.00 bits per heavy atom. The normalized spacial score (nSPS) is 16.7. The molecule has 1 atom stereocenters. The number of carbonyl (C=O) groups is 1. The van der Waals surface area contributed by atoms with Gasteiger partial charge in [0.25, 0.3) is 11.5 Å². The molecular weight excluding hydrogens is 356 g/mol. The number of benzene rings is 1. The van der Waals surface area contributed by atoms with Crippen molar-refractivity contribution in [1.82, 2.24) is 19.2 Å². The van der Waals surface area contributed by atoms with E-state index in [9.17, 15) is 14.7 Å². The summed E-state index contributed by atoms with van der Waals surface area (Å²) < 4.78 is 1.19. The fourth-order valence-corrected chi connectivity index (χ4v) is 3.77. The van der Waals surface area contributed by atoms with E-state index in [-0.39, 0.29) is 28.9 Å². The number of carbonyl (C=O) groups excluding carboxylic acids is 1. The van der Waals surface area contributed by atoms with Gasteiger partial charge < -0.3 is 10.0 Å². The molecule has 3 aromatic rings. The Bertz CT molecular complexity index is 1110. The van der Waals surface area contributed by atoms with Gasteiger partial charge in [0, 0.05) is 38.6 Å². The van der Waals surface area contributed by atoms with Crippen LogP contribution in [0.25, 0.3) is 5.65 Å². The highest BCUT2D eigenvalue weighted by Crippen LogP contribution is 2.22. The average molecular weight is 378 g/mol. The molecule has 7 heteroatoms. The first-order valence-corrected chi connectivity index (χ1v) is 9.17. The maximum absolute atomic E-state index is 12.9. The highest BCUT2D eigenvalue weighted by Gasteiger charge is 2.27. The van der Waals surface area contributed by atoms with Crippen LogP contribution in [0.15, 0.2) is 53.6 Å². The van der Waals surface area contributed by atoms with Gasteiger partial charge in [-0.25, -0.2) is 4.98 Å². The van der Waals surface area contributed by atoms with Crippen molar-refractivity contribution in [1.29, 1.82) is 0 Å². The van der Waals surface area contributed by atoms with E-state index in [0.29, 0.717) is 6.54 Å². The summed E-state index contributed by atoms with van der Waals surface area (Å²) in [6, 6.07) is 11.5. The molecule has 1 aromatic carbocycles. The van der Waals surface area contributed by atoms with Gasteiger partial charge in [-0.2, -0.15) is 0 Å². The SMILES string of the molecule is CN(C[C@H]1Cc2ccccc2CN1C)C(=O)c1cnc2c(O)cccn2c1=O. The van der Waals surface area contributed by atoms with Gasteiger partial charge in [-0.05, 0) is 36.7 Å². The molecule has 28 heavy (non-hydrogen) atoms. The molecule has 144 valence electrons. The molecule has 2 aromatic heterocycles. The molecule has 0 fully saturated rings. The molecule has 1 aliphatic heterocycles. The first-order valence-electron chi connectivity index (χ1n) is 9.17. The third-order valence-corrected chi connectivity index (χ3v) is 5.39. The average Bonchev–Trinajstić information content (AvgIpc) is 2.69. The predicted molar refractivity (Wildman–Crippen MR) is 105 cm³/mol. The number of likely N-dealkylation sites (N-methyl/N-ethyl adjacent to an activating group) is 2. The number of hydrogen-bond donors (Lipinski definition) is 1. The van der Waals surface area contributed by atoms with Gasteiger partial charge in [0.1, 0.15) is 5.56 Å². The number of hydrogen-bond acceptors (Lipinski definition) is 5. The second kappa shape index (κ2) is 7.09. The lowest BCUT2D eigenvalue weighted by atomic mass is 9.94. The van der Waals surface area contributed by atoms with Crippen LogP contribution < -0.4 is 5.56 Å². The van der Waals surface area contributed by atoms with Crippen LogP contribution in [-0.4, -0.2) is 56.9 Å². The lowest BCUT2D eigenvalue weighted by molar-refractivity contribution is 0.0731. The molecule has 1 amide bonds. The summed E-state index contributed by atoms with van der Waals surface area (Å²) in [6.07, 6.45) is 3.59. The standard InChI is InChI=1S/C21H22N4O3/c1-23-12-15-7-4-3-6-14(15)10-16(23)13-24(2)20(27)17-11-22-19-18(26)8-5-9-25(19)21(17)28/h3-9,11,16,26H,10,12-13H2,1-2H3/t16-/m1/s1. The van der Waals surface area contributed by atoms with Gasteiger partial charge in [-0.15, -0.1) is 0 Å². The summed E-state index contributed by atoms with van der Waals surface area (Å²) in [5.41, 5.74) is 2.25. The monoisotopic (exact) mass is 378 g/mol. The molecule has 0 unspecified atom stereocenters. The Morgan fingerprint density at radius 1 is 1.25 bits per heavy atom. The fourth-order valence-electron chi connectivity index (χ4n) is 3.77. The molecule has 0 saturated heterocycles. The number of aromatic hydroxyl groups is 1. The quantitative estimate of drug-likeness (QED) is 0.748. The van der Waals surface area contributed by atoms with Crippen molar-refractivity contribution in [3.05, 3.63) is 75.8 Å². The number of amides is 1. The molecule has 0 aliphatic carbocycles. The predicted octanol–water partition coefficient (Wildman–Crippen LogP) is 1.53. The number of fused-ring (bicyclic) bond motifs is 2. The molecule has 0 bridgehead atoms. The third kappa shape index (κ3) is 3.14. The highest BCUT2D eigenvalue weighted by atomic mass is 16.3. The fraction of sp³-hybridized carbons (Fsp3) is 0.286. The van der Waals surface area contributed by atoms with Gasteiger partial charge in [-0.3, -0.25) is 18.9 Å². The van der Waals surface area contributed by atoms with Crippen LogP contribution in [-0.2, 0) is 13.0 Å². The van der Waals surface area contributed by atoms with Crippen LogP contribution in [0.4, 0.5) is 0 Å². The summed E-state index contributed by atoms with van der Waals surface area (Å²) in [6.45, 7) is 1.34. The van der Waals surface area contributed by atoms with Crippen LogP contribution in [0.2, 0.25) is 0 Å². The number of nitrogens with zero attached hydrogens (tertiary/aromatic N) is 4. The van der Waals surface area contributed by atoms with Crippen molar-refractivity contribution in [3.63, 3.8) is 0 Å².